The van der Waals surface area contributed by atoms with Crippen LogP contribution in [-0.4, -0.2) is 62.0 Å². The zero-order valence-electron chi connectivity index (χ0n) is 16.1. The molecule has 2 unspecified atom stereocenters. The molecule has 1 saturated carbocycles. The third-order valence-corrected chi connectivity index (χ3v) is 5.66. The lowest BCUT2D eigenvalue weighted by Crippen LogP contribution is -2.43. The van der Waals surface area contributed by atoms with Crippen LogP contribution in [0.5, 0.6) is 0 Å². The van der Waals surface area contributed by atoms with Gasteiger partial charge in [-0.25, -0.2) is 0 Å². The molecule has 2 N–H and O–H groups in total. The number of rotatable bonds is 6. The smallest absolute Gasteiger partial charge is 0.253 e. The number of carbonyl (C=O) groups is 1. The predicted molar refractivity (Wildman–Crippen MR) is 123 cm³/mol. The molecule has 1 aromatic rings. The van der Waals surface area contributed by atoms with Gasteiger partial charge in [0, 0.05) is 44.5 Å². The quantitative estimate of drug-likeness (QED) is 0.366. The Kier molecular flexibility index (Phi) is 10.4. The minimum absolute atomic E-state index is 0. The largest absolute Gasteiger partial charge is 0.356 e. The average molecular weight is 490 g/mol. The van der Waals surface area contributed by atoms with Crippen molar-refractivity contribution in [2.75, 3.05) is 33.9 Å². The normalized spacial score (nSPS) is 19.6. The molecule has 0 saturated heterocycles. The Balaban J connectivity index is 0.00000338. The molecule has 26 heavy (non-hydrogen) atoms. The molecule has 0 radical (unpaired) electrons. The summed E-state index contributed by atoms with van der Waals surface area (Å²) in [5, 5.41) is 7.68. The van der Waals surface area contributed by atoms with E-state index in [-0.39, 0.29) is 29.9 Å². The van der Waals surface area contributed by atoms with E-state index in [9.17, 15) is 4.79 Å². The van der Waals surface area contributed by atoms with Gasteiger partial charge in [-0.05, 0) is 49.6 Å². The number of aliphatic imine (C=N–C) groups is 1. The monoisotopic (exact) mass is 490 g/mol. The highest BCUT2D eigenvalue weighted by Crippen LogP contribution is 2.27. The summed E-state index contributed by atoms with van der Waals surface area (Å²) in [5.41, 5.74) is 1.89. The zero-order chi connectivity index (χ0) is 18.2. The lowest BCUT2D eigenvalue weighted by atomic mass is 10.1. The molecular weight excluding hydrogens is 459 g/mol. The lowest BCUT2D eigenvalue weighted by Gasteiger charge is -2.17. The SMILES string of the molecule is CN=C(NCCc1cccc(C(=O)N(C)C)c1)NC1CCC(SC)C1.I. The van der Waals surface area contributed by atoms with Crippen LogP contribution in [0.25, 0.3) is 0 Å². The van der Waals surface area contributed by atoms with E-state index in [0.29, 0.717) is 6.04 Å². The number of thioether (sulfide) groups is 1. The van der Waals surface area contributed by atoms with Crippen molar-refractivity contribution in [2.24, 2.45) is 4.99 Å². The highest BCUT2D eigenvalue weighted by atomic mass is 127. The maximum Gasteiger partial charge on any atom is 0.253 e. The number of hydrogen-bond donors (Lipinski definition) is 2. The van der Waals surface area contributed by atoms with Crippen LogP contribution >= 0.6 is 35.7 Å². The van der Waals surface area contributed by atoms with Crippen molar-refractivity contribution >= 4 is 47.6 Å². The van der Waals surface area contributed by atoms with Crippen LogP contribution in [0, 0.1) is 0 Å². The molecule has 7 heteroatoms. The zero-order valence-corrected chi connectivity index (χ0v) is 19.3. The number of nitrogens with zero attached hydrogens (tertiary/aromatic N) is 2. The third-order valence-electron chi connectivity index (χ3n) is 4.57. The first kappa shape index (κ1) is 23.1. The summed E-state index contributed by atoms with van der Waals surface area (Å²) in [6, 6.07) is 8.36. The highest BCUT2D eigenvalue weighted by Gasteiger charge is 2.24. The summed E-state index contributed by atoms with van der Waals surface area (Å²) >= 11 is 1.96. The molecule has 1 aliphatic rings. The first-order valence-electron chi connectivity index (χ1n) is 8.84. The second-order valence-electron chi connectivity index (χ2n) is 6.66. The van der Waals surface area contributed by atoms with Gasteiger partial charge in [-0.1, -0.05) is 12.1 Å². The molecule has 5 nitrogen and oxygen atoms in total. The molecule has 1 amide bonds. The Morgan fingerprint density at radius 3 is 2.73 bits per heavy atom. The third kappa shape index (κ3) is 6.98. The summed E-state index contributed by atoms with van der Waals surface area (Å²) < 4.78 is 0. The van der Waals surface area contributed by atoms with Gasteiger partial charge in [-0.15, -0.1) is 24.0 Å². The molecule has 0 aliphatic heterocycles. The molecule has 1 aromatic carbocycles. The number of nitrogens with one attached hydrogen (secondary N) is 2. The predicted octanol–water partition coefficient (Wildman–Crippen LogP) is 3.00. The first-order valence-corrected chi connectivity index (χ1v) is 10.1. The summed E-state index contributed by atoms with van der Waals surface area (Å²) in [5.74, 6) is 0.907. The second kappa shape index (κ2) is 11.7. The van der Waals surface area contributed by atoms with Crippen molar-refractivity contribution in [1.82, 2.24) is 15.5 Å². The van der Waals surface area contributed by atoms with Gasteiger partial charge in [0.1, 0.15) is 0 Å². The van der Waals surface area contributed by atoms with Gasteiger partial charge in [0.05, 0.1) is 0 Å². The van der Waals surface area contributed by atoms with Crippen LogP contribution in [0.4, 0.5) is 0 Å². The summed E-state index contributed by atoms with van der Waals surface area (Å²) in [6.45, 7) is 0.790. The van der Waals surface area contributed by atoms with Crippen molar-refractivity contribution in [3.8, 4) is 0 Å². The molecular formula is C19H31IN4OS. The number of amides is 1. The Bertz CT molecular complexity index is 609. The molecule has 1 aliphatic carbocycles. The van der Waals surface area contributed by atoms with Crippen LogP contribution in [0.1, 0.15) is 35.2 Å². The first-order chi connectivity index (χ1) is 12.0. The number of hydrogen-bond acceptors (Lipinski definition) is 3. The molecule has 0 aromatic heterocycles. The molecule has 0 spiro atoms. The summed E-state index contributed by atoms with van der Waals surface area (Å²) in [6.07, 6.45) is 6.74. The van der Waals surface area contributed by atoms with Crippen LogP contribution in [0.2, 0.25) is 0 Å². The Labute approximate surface area is 178 Å². The van der Waals surface area contributed by atoms with Crippen LogP contribution in [-0.2, 0) is 6.42 Å². The molecule has 146 valence electrons. The van der Waals surface area contributed by atoms with Crippen molar-refractivity contribution in [3.05, 3.63) is 35.4 Å². The fraction of sp³-hybridized carbons (Fsp3) is 0.579. The van der Waals surface area contributed by atoms with Crippen molar-refractivity contribution in [3.63, 3.8) is 0 Å². The van der Waals surface area contributed by atoms with Crippen molar-refractivity contribution in [2.45, 2.75) is 37.0 Å². The van der Waals surface area contributed by atoms with E-state index in [0.717, 1.165) is 35.3 Å². The van der Waals surface area contributed by atoms with Gasteiger partial charge in [0.15, 0.2) is 5.96 Å². The fourth-order valence-corrected chi connectivity index (χ4v) is 3.91. The second-order valence-corrected chi connectivity index (χ2v) is 7.80. The van der Waals surface area contributed by atoms with Crippen molar-refractivity contribution < 1.29 is 4.79 Å². The topological polar surface area (TPSA) is 56.7 Å². The van der Waals surface area contributed by atoms with Gasteiger partial charge < -0.3 is 15.5 Å². The van der Waals surface area contributed by atoms with Crippen LogP contribution < -0.4 is 10.6 Å². The van der Waals surface area contributed by atoms with Gasteiger partial charge >= 0.3 is 0 Å². The molecule has 1 fully saturated rings. The molecule has 2 atom stereocenters. The lowest BCUT2D eigenvalue weighted by molar-refractivity contribution is 0.0827. The van der Waals surface area contributed by atoms with Gasteiger partial charge in [-0.3, -0.25) is 9.79 Å². The van der Waals surface area contributed by atoms with E-state index >= 15 is 0 Å². The van der Waals surface area contributed by atoms with E-state index in [1.165, 1.54) is 19.3 Å². The summed E-state index contributed by atoms with van der Waals surface area (Å²) in [4.78, 5) is 18.0. The van der Waals surface area contributed by atoms with Gasteiger partial charge in [0.2, 0.25) is 0 Å². The van der Waals surface area contributed by atoms with Crippen LogP contribution in [0.3, 0.4) is 0 Å². The van der Waals surface area contributed by atoms with E-state index in [2.05, 4.69) is 27.9 Å². The fourth-order valence-electron chi connectivity index (χ4n) is 3.12. The molecule has 0 bridgehead atoms. The number of halogens is 1. The maximum absolute atomic E-state index is 12.0. The summed E-state index contributed by atoms with van der Waals surface area (Å²) in [7, 11) is 5.36. The van der Waals surface area contributed by atoms with E-state index < -0.39 is 0 Å². The minimum Gasteiger partial charge on any atom is -0.356 e. The van der Waals surface area contributed by atoms with Gasteiger partial charge in [0.25, 0.3) is 5.91 Å². The maximum atomic E-state index is 12.0. The van der Waals surface area contributed by atoms with E-state index in [4.69, 9.17) is 0 Å². The number of guanidine groups is 1. The Morgan fingerprint density at radius 1 is 1.35 bits per heavy atom. The molecule has 0 heterocycles. The number of carbonyl (C=O) groups excluding carboxylic acids is 1. The highest BCUT2D eigenvalue weighted by molar-refractivity contribution is 14.0. The van der Waals surface area contributed by atoms with Crippen molar-refractivity contribution in [1.29, 1.82) is 0 Å². The Morgan fingerprint density at radius 2 is 2.12 bits per heavy atom. The van der Waals surface area contributed by atoms with E-state index in [1.54, 1.807) is 19.0 Å². The van der Waals surface area contributed by atoms with E-state index in [1.807, 2.05) is 37.0 Å². The average Bonchev–Trinajstić information content (AvgIpc) is 3.08. The minimum atomic E-state index is 0. The molecule has 2 rings (SSSR count). The number of benzene rings is 1. The standard InChI is InChI=1S/C19H30N4OS.HI/c1-20-19(22-16-8-9-17(13-16)25-4)21-11-10-14-6-5-7-15(12-14)18(24)23(2)3;/h5-7,12,16-17H,8-11,13H2,1-4H3,(H2,20,21,22);1H. The van der Waals surface area contributed by atoms with Crippen LogP contribution in [0.15, 0.2) is 29.3 Å². The Hall–Kier alpha value is -0.960. The van der Waals surface area contributed by atoms with Gasteiger partial charge in [-0.2, -0.15) is 11.8 Å².